The molecule has 3 N–H and O–H groups in total. The number of aliphatic hydroxyl groups is 1. The Morgan fingerprint density at radius 3 is 2.90 bits per heavy atom. The number of urea groups is 1. The number of carbonyl (C=O) groups is 1. The lowest BCUT2D eigenvalue weighted by molar-refractivity contribution is 0.210. The number of nitrogens with one attached hydrogen (secondary N) is 2. The highest BCUT2D eigenvalue weighted by atomic mass is 35.5. The molecular formula is C20H21ClF2N4O2. The van der Waals surface area contributed by atoms with Crippen molar-refractivity contribution in [3.05, 3.63) is 58.4 Å². The first-order valence-corrected chi connectivity index (χ1v) is 9.51. The molecule has 3 rings (SSSR count). The first kappa shape index (κ1) is 21.0. The number of amides is 2. The Hall–Kier alpha value is -2.71. The minimum atomic E-state index is -1.63. The third-order valence-electron chi connectivity index (χ3n) is 4.66. The number of pyridine rings is 1. The molecule has 1 unspecified atom stereocenters. The summed E-state index contributed by atoms with van der Waals surface area (Å²) in [6.07, 6.45) is 2.92. The van der Waals surface area contributed by atoms with Crippen LogP contribution in [0.2, 0.25) is 5.02 Å². The smallest absolute Gasteiger partial charge is 0.321 e. The van der Waals surface area contributed by atoms with Crippen LogP contribution in [0.4, 0.5) is 19.3 Å². The van der Waals surface area contributed by atoms with Gasteiger partial charge in [-0.15, -0.1) is 0 Å². The van der Waals surface area contributed by atoms with Crippen LogP contribution in [0.1, 0.15) is 37.0 Å². The molecule has 0 aliphatic carbocycles. The van der Waals surface area contributed by atoms with Crippen molar-refractivity contribution in [3.8, 4) is 0 Å². The van der Waals surface area contributed by atoms with Crippen molar-refractivity contribution in [3.63, 3.8) is 0 Å². The van der Waals surface area contributed by atoms with Gasteiger partial charge in [-0.1, -0.05) is 24.9 Å². The lowest BCUT2D eigenvalue weighted by Crippen LogP contribution is -2.32. The maximum absolute atomic E-state index is 15.0. The number of nitrogens with zero attached hydrogens (tertiary/aromatic N) is 2. The number of rotatable bonds is 6. The third kappa shape index (κ3) is 4.33. The number of halogens is 3. The fourth-order valence-electron chi connectivity index (χ4n) is 3.00. The Morgan fingerprint density at radius 1 is 1.41 bits per heavy atom. The Labute approximate surface area is 171 Å². The normalized spacial score (nSPS) is 12.2. The predicted octanol–water partition coefficient (Wildman–Crippen LogP) is 4.84. The molecule has 0 saturated heterocycles. The topological polar surface area (TPSA) is 81.3 Å². The average Bonchev–Trinajstić information content (AvgIpc) is 3.11. The molecule has 2 heterocycles. The molecule has 0 spiro atoms. The highest BCUT2D eigenvalue weighted by Crippen LogP contribution is 2.34. The fourth-order valence-corrected chi connectivity index (χ4v) is 3.16. The van der Waals surface area contributed by atoms with Crippen LogP contribution in [0, 0.1) is 11.6 Å². The maximum atomic E-state index is 15.0. The number of aliphatic hydroxyl groups excluding tert-OH is 1. The second-order valence-electron chi connectivity index (χ2n) is 6.72. The molecule has 0 radical (unpaired) electrons. The van der Waals surface area contributed by atoms with E-state index in [1.165, 1.54) is 17.3 Å². The average molecular weight is 423 g/mol. The van der Waals surface area contributed by atoms with Gasteiger partial charge in [-0.3, -0.25) is 0 Å². The van der Waals surface area contributed by atoms with Gasteiger partial charge in [0, 0.05) is 36.9 Å². The summed E-state index contributed by atoms with van der Waals surface area (Å²) in [6.45, 7) is 2.50. The SMILES string of the molecule is CCCCN(C)C(=O)Nc1ccc(F)c(C(O)c2c[nH]c3ncc(Cl)cc23)c1F. The lowest BCUT2D eigenvalue weighted by Gasteiger charge is -2.19. The van der Waals surface area contributed by atoms with E-state index in [4.69, 9.17) is 11.6 Å². The number of hydrogen-bond donors (Lipinski definition) is 3. The Bertz CT molecular complexity index is 1040. The van der Waals surface area contributed by atoms with Gasteiger partial charge in [-0.25, -0.2) is 18.6 Å². The second kappa shape index (κ2) is 8.75. The summed E-state index contributed by atoms with van der Waals surface area (Å²) in [5, 5.41) is 13.9. The fraction of sp³-hybridized carbons (Fsp3) is 0.300. The molecule has 2 amide bonds. The van der Waals surface area contributed by atoms with Crippen molar-refractivity contribution in [1.29, 1.82) is 0 Å². The van der Waals surface area contributed by atoms with Crippen molar-refractivity contribution in [2.45, 2.75) is 25.9 Å². The molecule has 1 aromatic carbocycles. The highest BCUT2D eigenvalue weighted by molar-refractivity contribution is 6.31. The summed E-state index contributed by atoms with van der Waals surface area (Å²) in [6, 6.07) is 3.15. The molecule has 1 atom stereocenters. The van der Waals surface area contributed by atoms with E-state index >= 15 is 4.39 Å². The summed E-state index contributed by atoms with van der Waals surface area (Å²) in [4.78, 5) is 20.6. The second-order valence-corrected chi connectivity index (χ2v) is 7.16. The number of aromatic nitrogens is 2. The third-order valence-corrected chi connectivity index (χ3v) is 4.87. The molecule has 0 aliphatic heterocycles. The zero-order valence-electron chi connectivity index (χ0n) is 16.0. The van der Waals surface area contributed by atoms with Crippen LogP contribution in [-0.4, -0.2) is 39.6 Å². The number of benzene rings is 1. The summed E-state index contributed by atoms with van der Waals surface area (Å²) in [5.41, 5.74) is -0.146. The van der Waals surface area contributed by atoms with Crippen molar-refractivity contribution in [1.82, 2.24) is 14.9 Å². The first-order valence-electron chi connectivity index (χ1n) is 9.14. The molecule has 9 heteroatoms. The van der Waals surface area contributed by atoms with Crippen LogP contribution in [0.3, 0.4) is 0 Å². The molecule has 6 nitrogen and oxygen atoms in total. The van der Waals surface area contributed by atoms with E-state index in [-0.39, 0.29) is 11.3 Å². The number of unbranched alkanes of at least 4 members (excludes halogenated alkanes) is 1. The molecule has 0 saturated carbocycles. The van der Waals surface area contributed by atoms with E-state index in [9.17, 15) is 14.3 Å². The maximum Gasteiger partial charge on any atom is 0.321 e. The largest absolute Gasteiger partial charge is 0.383 e. The number of H-pyrrole nitrogens is 1. The zero-order valence-corrected chi connectivity index (χ0v) is 16.7. The van der Waals surface area contributed by atoms with Crippen LogP contribution in [0.25, 0.3) is 11.0 Å². The van der Waals surface area contributed by atoms with Crippen molar-refractivity contribution < 1.29 is 18.7 Å². The Kier molecular flexibility index (Phi) is 6.34. The van der Waals surface area contributed by atoms with Gasteiger partial charge in [-0.2, -0.15) is 0 Å². The van der Waals surface area contributed by atoms with E-state index in [0.717, 1.165) is 25.0 Å². The molecule has 0 aliphatic rings. The van der Waals surface area contributed by atoms with Gasteiger partial charge in [0.15, 0.2) is 5.82 Å². The molecule has 0 bridgehead atoms. The molecule has 29 heavy (non-hydrogen) atoms. The van der Waals surface area contributed by atoms with E-state index in [2.05, 4.69) is 15.3 Å². The van der Waals surface area contributed by atoms with E-state index in [0.29, 0.717) is 22.6 Å². The van der Waals surface area contributed by atoms with Gasteiger partial charge >= 0.3 is 6.03 Å². The van der Waals surface area contributed by atoms with E-state index in [1.54, 1.807) is 13.1 Å². The minimum absolute atomic E-state index is 0.218. The van der Waals surface area contributed by atoms with Gasteiger partial charge in [0.25, 0.3) is 0 Å². The van der Waals surface area contributed by atoms with Gasteiger partial charge in [0.1, 0.15) is 17.6 Å². The summed E-state index contributed by atoms with van der Waals surface area (Å²) >= 11 is 5.95. The lowest BCUT2D eigenvalue weighted by atomic mass is 10.00. The number of anilines is 1. The van der Waals surface area contributed by atoms with Gasteiger partial charge in [-0.05, 0) is 24.6 Å². The molecule has 3 aromatic rings. The monoisotopic (exact) mass is 422 g/mol. The Balaban J connectivity index is 1.94. The summed E-state index contributed by atoms with van der Waals surface area (Å²) < 4.78 is 29.5. The van der Waals surface area contributed by atoms with Crippen molar-refractivity contribution in [2.75, 3.05) is 18.9 Å². The van der Waals surface area contributed by atoms with Crippen LogP contribution < -0.4 is 5.32 Å². The predicted molar refractivity (Wildman–Crippen MR) is 108 cm³/mol. The molecule has 154 valence electrons. The molecule has 2 aromatic heterocycles. The Morgan fingerprint density at radius 2 is 2.17 bits per heavy atom. The number of hydrogen-bond acceptors (Lipinski definition) is 3. The van der Waals surface area contributed by atoms with Crippen molar-refractivity contribution >= 4 is 34.4 Å². The molecule has 0 fully saturated rings. The van der Waals surface area contributed by atoms with Crippen LogP contribution in [-0.2, 0) is 0 Å². The van der Waals surface area contributed by atoms with Gasteiger partial charge in [0.2, 0.25) is 0 Å². The van der Waals surface area contributed by atoms with Gasteiger partial charge in [0.05, 0.1) is 16.3 Å². The van der Waals surface area contributed by atoms with E-state index in [1.807, 2.05) is 6.92 Å². The summed E-state index contributed by atoms with van der Waals surface area (Å²) in [5.74, 6) is -1.98. The quantitative estimate of drug-likeness (QED) is 0.531. The molecular weight excluding hydrogens is 402 g/mol. The summed E-state index contributed by atoms with van der Waals surface area (Å²) in [7, 11) is 1.59. The van der Waals surface area contributed by atoms with Crippen molar-refractivity contribution in [2.24, 2.45) is 0 Å². The minimum Gasteiger partial charge on any atom is -0.383 e. The first-order chi connectivity index (χ1) is 13.8. The zero-order chi connectivity index (χ0) is 21.1. The number of fused-ring (bicyclic) bond motifs is 1. The van der Waals surface area contributed by atoms with Crippen LogP contribution in [0.5, 0.6) is 0 Å². The van der Waals surface area contributed by atoms with Gasteiger partial charge < -0.3 is 20.3 Å². The standard InChI is InChI=1S/C20H21ClF2N4O2/c1-3-4-7-27(2)20(29)26-15-6-5-14(22)16(17(15)23)18(28)13-10-25-19-12(13)8-11(21)9-24-19/h5-6,8-10,18,28H,3-4,7H2,1-2H3,(H,24,25)(H,26,29). The van der Waals surface area contributed by atoms with Crippen LogP contribution >= 0.6 is 11.6 Å². The highest BCUT2D eigenvalue weighted by Gasteiger charge is 2.26. The number of aromatic amines is 1. The van der Waals surface area contributed by atoms with Crippen LogP contribution in [0.15, 0.2) is 30.6 Å². The van der Waals surface area contributed by atoms with E-state index < -0.39 is 29.3 Å². The number of carbonyl (C=O) groups excluding carboxylic acids is 1.